The van der Waals surface area contributed by atoms with Crippen molar-refractivity contribution in [2.45, 2.75) is 31.7 Å². The smallest absolute Gasteiger partial charge is 0.222 e. The third kappa shape index (κ3) is 4.63. The quantitative estimate of drug-likeness (QED) is 0.744. The van der Waals surface area contributed by atoms with Crippen LogP contribution in [0.4, 0.5) is 0 Å². The summed E-state index contributed by atoms with van der Waals surface area (Å²) in [6.07, 6.45) is 2.41. The maximum absolute atomic E-state index is 12.2. The molecule has 1 aliphatic heterocycles. The van der Waals surface area contributed by atoms with Crippen LogP contribution in [0.5, 0.6) is 11.5 Å². The van der Waals surface area contributed by atoms with E-state index in [9.17, 15) is 13.2 Å². The molecule has 0 spiro atoms. The van der Waals surface area contributed by atoms with Gasteiger partial charge in [-0.1, -0.05) is 6.07 Å². The molecule has 7 heteroatoms. The predicted octanol–water partition coefficient (Wildman–Crippen LogP) is 1.67. The van der Waals surface area contributed by atoms with E-state index in [2.05, 4.69) is 0 Å². The van der Waals surface area contributed by atoms with E-state index in [-0.39, 0.29) is 23.5 Å². The molecule has 134 valence electrons. The molecule has 1 aliphatic rings. The topological polar surface area (TPSA) is 72.9 Å². The minimum absolute atomic E-state index is 0.00224. The van der Waals surface area contributed by atoms with Crippen molar-refractivity contribution < 1.29 is 22.7 Å². The Hall–Kier alpha value is -1.76. The second kappa shape index (κ2) is 7.88. The predicted molar refractivity (Wildman–Crippen MR) is 92.3 cm³/mol. The molecule has 2 rings (SSSR count). The average molecular weight is 355 g/mol. The minimum atomic E-state index is -2.97. The number of rotatable bonds is 7. The van der Waals surface area contributed by atoms with Crippen molar-refractivity contribution in [2.75, 3.05) is 32.8 Å². The van der Waals surface area contributed by atoms with E-state index in [4.69, 9.17) is 9.47 Å². The zero-order valence-corrected chi connectivity index (χ0v) is 15.3. The van der Waals surface area contributed by atoms with Crippen LogP contribution >= 0.6 is 0 Å². The molecule has 1 aromatic rings. The molecule has 0 saturated carbocycles. The summed E-state index contributed by atoms with van der Waals surface area (Å²) >= 11 is 0. The first-order chi connectivity index (χ1) is 11.4. The molecule has 1 aromatic carbocycles. The molecule has 0 radical (unpaired) electrons. The lowest BCUT2D eigenvalue weighted by Crippen LogP contribution is -2.37. The fourth-order valence-electron chi connectivity index (χ4n) is 2.94. The number of aryl methyl sites for hydroxylation is 1. The molecule has 1 heterocycles. The number of carbonyl (C=O) groups is 1. The third-order valence-electron chi connectivity index (χ3n) is 4.45. The summed E-state index contributed by atoms with van der Waals surface area (Å²) < 4.78 is 33.5. The Morgan fingerprint density at radius 2 is 1.96 bits per heavy atom. The van der Waals surface area contributed by atoms with Crippen LogP contribution in [-0.2, 0) is 21.1 Å². The van der Waals surface area contributed by atoms with E-state index in [0.717, 1.165) is 12.0 Å². The number of amides is 1. The summed E-state index contributed by atoms with van der Waals surface area (Å²) in [5.41, 5.74) is 1.08. The molecule has 1 amide bonds. The maximum Gasteiger partial charge on any atom is 0.222 e. The molecule has 6 nitrogen and oxygen atoms in total. The second-order valence-corrected chi connectivity index (χ2v) is 8.33. The Labute approximate surface area is 143 Å². The van der Waals surface area contributed by atoms with Crippen molar-refractivity contribution in [1.82, 2.24) is 4.90 Å². The van der Waals surface area contributed by atoms with Crippen molar-refractivity contribution in [3.63, 3.8) is 0 Å². The number of nitrogens with zero attached hydrogens (tertiary/aromatic N) is 1. The van der Waals surface area contributed by atoms with E-state index < -0.39 is 9.84 Å². The van der Waals surface area contributed by atoms with Gasteiger partial charge in [-0.25, -0.2) is 8.42 Å². The highest BCUT2D eigenvalue weighted by Gasteiger charge is 2.32. The summed E-state index contributed by atoms with van der Waals surface area (Å²) in [5, 5.41) is 0. The Balaban J connectivity index is 1.84. The van der Waals surface area contributed by atoms with Crippen LogP contribution < -0.4 is 9.47 Å². The molecule has 1 saturated heterocycles. The number of sulfone groups is 1. The van der Waals surface area contributed by atoms with Gasteiger partial charge >= 0.3 is 0 Å². The summed E-state index contributed by atoms with van der Waals surface area (Å²) in [7, 11) is 1.91. The Kier molecular flexibility index (Phi) is 6.10. The monoisotopic (exact) mass is 355 g/mol. The molecule has 0 bridgehead atoms. The summed E-state index contributed by atoms with van der Waals surface area (Å²) in [6.45, 7) is 0. The standard InChI is InChI=1S/C17H25NO5S/c1-18(14-9-10-24(20,21)12-14)17(19)6-4-5-13-7-8-15(22-2)16(11-13)23-3/h7-8,11,14H,4-6,9-10,12H2,1-3H3. The molecule has 0 N–H and O–H groups in total. The van der Waals surface area contributed by atoms with Crippen molar-refractivity contribution in [1.29, 1.82) is 0 Å². The van der Waals surface area contributed by atoms with Crippen LogP contribution in [0.15, 0.2) is 18.2 Å². The highest BCUT2D eigenvalue weighted by Crippen LogP contribution is 2.28. The van der Waals surface area contributed by atoms with Crippen LogP contribution in [0.25, 0.3) is 0 Å². The van der Waals surface area contributed by atoms with E-state index in [1.54, 1.807) is 26.2 Å². The fraction of sp³-hybridized carbons (Fsp3) is 0.588. The fourth-order valence-corrected chi connectivity index (χ4v) is 4.72. The van der Waals surface area contributed by atoms with E-state index in [1.807, 2.05) is 18.2 Å². The van der Waals surface area contributed by atoms with Gasteiger partial charge in [0.1, 0.15) is 0 Å². The van der Waals surface area contributed by atoms with E-state index in [0.29, 0.717) is 30.8 Å². The first kappa shape index (κ1) is 18.6. The second-order valence-electron chi connectivity index (χ2n) is 6.10. The number of ether oxygens (including phenoxy) is 2. The zero-order valence-electron chi connectivity index (χ0n) is 14.4. The molecular weight excluding hydrogens is 330 g/mol. The normalized spacial score (nSPS) is 19.0. The lowest BCUT2D eigenvalue weighted by molar-refractivity contribution is -0.131. The number of benzene rings is 1. The number of methoxy groups -OCH3 is 2. The van der Waals surface area contributed by atoms with Gasteiger partial charge in [-0.05, 0) is 37.0 Å². The summed E-state index contributed by atoms with van der Waals surface area (Å²) in [5.74, 6) is 1.62. The van der Waals surface area contributed by atoms with Gasteiger partial charge in [0.2, 0.25) is 5.91 Å². The number of hydrogen-bond donors (Lipinski definition) is 0. The SMILES string of the molecule is COc1ccc(CCCC(=O)N(C)C2CCS(=O)(=O)C2)cc1OC. The van der Waals surface area contributed by atoms with Crippen LogP contribution in [0.1, 0.15) is 24.8 Å². The molecule has 0 aliphatic carbocycles. The summed E-state index contributed by atoms with van der Waals surface area (Å²) in [6, 6.07) is 5.55. The molecule has 1 fully saturated rings. The van der Waals surface area contributed by atoms with Gasteiger partial charge in [-0.15, -0.1) is 0 Å². The van der Waals surface area contributed by atoms with Crippen molar-refractivity contribution in [3.05, 3.63) is 23.8 Å². The van der Waals surface area contributed by atoms with Gasteiger partial charge in [0.05, 0.1) is 25.7 Å². The van der Waals surface area contributed by atoms with Gasteiger partial charge < -0.3 is 14.4 Å². The highest BCUT2D eigenvalue weighted by atomic mass is 32.2. The molecular formula is C17H25NO5S. The van der Waals surface area contributed by atoms with Crippen LogP contribution in [-0.4, -0.2) is 58.0 Å². The lowest BCUT2D eigenvalue weighted by atomic mass is 10.1. The molecule has 1 unspecified atom stereocenters. The van der Waals surface area contributed by atoms with Gasteiger partial charge in [-0.3, -0.25) is 4.79 Å². The van der Waals surface area contributed by atoms with Crippen molar-refractivity contribution >= 4 is 15.7 Å². The first-order valence-corrected chi connectivity index (χ1v) is 9.85. The zero-order chi connectivity index (χ0) is 17.7. The van der Waals surface area contributed by atoms with Gasteiger partial charge in [0.15, 0.2) is 21.3 Å². The summed E-state index contributed by atoms with van der Waals surface area (Å²) in [4.78, 5) is 13.8. The van der Waals surface area contributed by atoms with Crippen LogP contribution in [0.3, 0.4) is 0 Å². The molecule has 1 atom stereocenters. The molecule has 24 heavy (non-hydrogen) atoms. The number of hydrogen-bond acceptors (Lipinski definition) is 5. The van der Waals surface area contributed by atoms with Crippen molar-refractivity contribution in [2.24, 2.45) is 0 Å². The lowest BCUT2D eigenvalue weighted by Gasteiger charge is -2.23. The average Bonchev–Trinajstić information content (AvgIpc) is 2.93. The maximum atomic E-state index is 12.2. The van der Waals surface area contributed by atoms with Crippen LogP contribution in [0, 0.1) is 0 Å². The third-order valence-corrected chi connectivity index (χ3v) is 6.20. The van der Waals surface area contributed by atoms with Crippen molar-refractivity contribution in [3.8, 4) is 11.5 Å². The van der Waals surface area contributed by atoms with Gasteiger partial charge in [0.25, 0.3) is 0 Å². The van der Waals surface area contributed by atoms with Gasteiger partial charge in [0, 0.05) is 19.5 Å². The Morgan fingerprint density at radius 1 is 1.25 bits per heavy atom. The first-order valence-electron chi connectivity index (χ1n) is 8.03. The highest BCUT2D eigenvalue weighted by molar-refractivity contribution is 7.91. The minimum Gasteiger partial charge on any atom is -0.493 e. The van der Waals surface area contributed by atoms with Crippen LogP contribution in [0.2, 0.25) is 0 Å². The molecule has 0 aromatic heterocycles. The van der Waals surface area contributed by atoms with E-state index >= 15 is 0 Å². The number of carbonyl (C=O) groups excluding carboxylic acids is 1. The largest absolute Gasteiger partial charge is 0.493 e. The van der Waals surface area contributed by atoms with Gasteiger partial charge in [-0.2, -0.15) is 0 Å². The van der Waals surface area contributed by atoms with E-state index in [1.165, 1.54) is 0 Å². The Morgan fingerprint density at radius 3 is 2.54 bits per heavy atom. The Bertz CT molecular complexity index is 686.